The van der Waals surface area contributed by atoms with Crippen molar-refractivity contribution in [3.05, 3.63) is 24.3 Å². The first-order valence-corrected chi connectivity index (χ1v) is 7.25. The second-order valence-electron chi connectivity index (χ2n) is 4.48. The van der Waals surface area contributed by atoms with Crippen LogP contribution in [0.5, 0.6) is 0 Å². The van der Waals surface area contributed by atoms with Crippen LogP contribution in [0.15, 0.2) is 24.3 Å². The zero-order chi connectivity index (χ0) is 13.5. The van der Waals surface area contributed by atoms with E-state index in [2.05, 4.69) is 19.1 Å². The molecule has 104 valence electrons. The fourth-order valence-electron chi connectivity index (χ4n) is 1.69. The summed E-state index contributed by atoms with van der Waals surface area (Å²) in [5, 5.41) is 0. The predicted octanol–water partition coefficient (Wildman–Crippen LogP) is 4.80. The van der Waals surface area contributed by atoms with Crippen molar-refractivity contribution >= 4 is 5.97 Å². The van der Waals surface area contributed by atoms with Gasteiger partial charge >= 0.3 is 5.97 Å². The second kappa shape index (κ2) is 14.0. The highest BCUT2D eigenvalue weighted by Crippen LogP contribution is 2.07. The van der Waals surface area contributed by atoms with E-state index in [9.17, 15) is 4.79 Å². The quantitative estimate of drug-likeness (QED) is 0.228. The Morgan fingerprint density at radius 1 is 1.00 bits per heavy atom. The molecule has 0 radical (unpaired) electrons. The lowest BCUT2D eigenvalue weighted by Crippen LogP contribution is -2.00. The monoisotopic (exact) mass is 252 g/mol. The van der Waals surface area contributed by atoms with E-state index in [0.717, 1.165) is 12.8 Å². The van der Waals surface area contributed by atoms with Gasteiger partial charge in [-0.25, -0.2) is 4.79 Å². The van der Waals surface area contributed by atoms with Gasteiger partial charge in [-0.15, -0.1) is 0 Å². The van der Waals surface area contributed by atoms with Gasteiger partial charge in [0.25, 0.3) is 0 Å². The average molecular weight is 252 g/mol. The Morgan fingerprint density at radius 2 is 1.67 bits per heavy atom. The Morgan fingerprint density at radius 3 is 2.39 bits per heavy atom. The highest BCUT2D eigenvalue weighted by molar-refractivity contribution is 5.81. The van der Waals surface area contributed by atoms with Gasteiger partial charge < -0.3 is 4.74 Å². The maximum atomic E-state index is 11.0. The van der Waals surface area contributed by atoms with Crippen LogP contribution in [0.3, 0.4) is 0 Å². The summed E-state index contributed by atoms with van der Waals surface area (Å²) < 4.78 is 4.98. The van der Waals surface area contributed by atoms with Crippen LogP contribution >= 0.6 is 0 Å². The van der Waals surface area contributed by atoms with Crippen LogP contribution < -0.4 is 0 Å². The largest absolute Gasteiger partial charge is 0.462 e. The van der Waals surface area contributed by atoms with Gasteiger partial charge in [-0.05, 0) is 26.2 Å². The molecule has 0 heterocycles. The Labute approximate surface area is 112 Å². The number of ether oxygens (including phenoxy) is 1. The van der Waals surface area contributed by atoms with Crippen LogP contribution in [0.2, 0.25) is 0 Å². The van der Waals surface area contributed by atoms with E-state index < -0.39 is 0 Å². The zero-order valence-electron chi connectivity index (χ0n) is 12.0. The Kier molecular flexibility index (Phi) is 13.2. The molecule has 0 amide bonds. The highest BCUT2D eigenvalue weighted by Gasteiger charge is 1.93. The molecule has 0 saturated heterocycles. The number of unbranched alkanes of at least 4 members (excludes halogenated alkanes) is 6. The lowest BCUT2D eigenvalue weighted by atomic mass is 10.1. The molecule has 0 rings (SSSR count). The zero-order valence-corrected chi connectivity index (χ0v) is 12.0. The average Bonchev–Trinajstić information content (AvgIpc) is 2.36. The topological polar surface area (TPSA) is 26.3 Å². The summed E-state index contributed by atoms with van der Waals surface area (Å²) in [6.45, 7) is 4.53. The third kappa shape index (κ3) is 13.0. The normalized spacial score (nSPS) is 11.4. The summed E-state index contributed by atoms with van der Waals surface area (Å²) in [6, 6.07) is 0. The van der Waals surface area contributed by atoms with Gasteiger partial charge in [0.15, 0.2) is 0 Å². The lowest BCUT2D eigenvalue weighted by molar-refractivity contribution is -0.137. The number of hydrogen-bond acceptors (Lipinski definition) is 2. The first-order valence-electron chi connectivity index (χ1n) is 7.25. The number of carbonyl (C=O) groups is 1. The van der Waals surface area contributed by atoms with Crippen LogP contribution in [0, 0.1) is 0 Å². The van der Waals surface area contributed by atoms with E-state index in [1.54, 1.807) is 6.08 Å². The van der Waals surface area contributed by atoms with Gasteiger partial charge in [0, 0.05) is 6.08 Å². The Bertz CT molecular complexity index is 241. The fraction of sp³-hybridized carbons (Fsp3) is 0.688. The number of allylic oxidation sites excluding steroid dienone is 2. The number of hydrogen-bond donors (Lipinski definition) is 0. The van der Waals surface area contributed by atoms with Crippen LogP contribution in [-0.2, 0) is 9.53 Å². The molecule has 0 aromatic heterocycles. The molecule has 0 fully saturated rings. The molecule has 18 heavy (non-hydrogen) atoms. The molecule has 0 aliphatic rings. The van der Waals surface area contributed by atoms with Gasteiger partial charge in [-0.1, -0.05) is 57.3 Å². The second-order valence-corrected chi connectivity index (χ2v) is 4.48. The van der Waals surface area contributed by atoms with E-state index >= 15 is 0 Å². The SMILES string of the molecule is CC=CC(=O)OCCC=CCCCCCCCC. The molecular formula is C16H28O2. The first-order chi connectivity index (χ1) is 8.81. The molecule has 0 saturated carbocycles. The molecular weight excluding hydrogens is 224 g/mol. The van der Waals surface area contributed by atoms with Crippen molar-refractivity contribution < 1.29 is 9.53 Å². The summed E-state index contributed by atoms with van der Waals surface area (Å²) in [5.74, 6) is -0.248. The number of rotatable bonds is 11. The summed E-state index contributed by atoms with van der Waals surface area (Å²) in [5.41, 5.74) is 0. The smallest absolute Gasteiger partial charge is 0.330 e. The highest BCUT2D eigenvalue weighted by atomic mass is 16.5. The first kappa shape index (κ1) is 16.9. The molecule has 0 aliphatic heterocycles. The van der Waals surface area contributed by atoms with Crippen molar-refractivity contribution in [1.82, 2.24) is 0 Å². The molecule has 0 N–H and O–H groups in total. The van der Waals surface area contributed by atoms with Crippen molar-refractivity contribution in [2.24, 2.45) is 0 Å². The van der Waals surface area contributed by atoms with E-state index in [4.69, 9.17) is 4.74 Å². The summed E-state index contributed by atoms with van der Waals surface area (Å²) in [7, 11) is 0. The molecule has 0 atom stereocenters. The third-order valence-electron chi connectivity index (χ3n) is 2.72. The summed E-state index contributed by atoms with van der Waals surface area (Å²) in [4.78, 5) is 11.0. The number of carbonyl (C=O) groups excluding carboxylic acids is 1. The molecule has 0 spiro atoms. The van der Waals surface area contributed by atoms with E-state index in [-0.39, 0.29) is 5.97 Å². The summed E-state index contributed by atoms with van der Waals surface area (Å²) in [6.07, 6.45) is 17.4. The molecule has 2 nitrogen and oxygen atoms in total. The lowest BCUT2D eigenvalue weighted by Gasteiger charge is -1.99. The van der Waals surface area contributed by atoms with Crippen molar-refractivity contribution in [2.75, 3.05) is 6.61 Å². The van der Waals surface area contributed by atoms with Gasteiger partial charge in [0.1, 0.15) is 0 Å². The van der Waals surface area contributed by atoms with Gasteiger partial charge in [0.05, 0.1) is 6.61 Å². The maximum Gasteiger partial charge on any atom is 0.330 e. The number of esters is 1. The van der Waals surface area contributed by atoms with Crippen molar-refractivity contribution in [3.63, 3.8) is 0 Å². The minimum absolute atomic E-state index is 0.248. The van der Waals surface area contributed by atoms with Crippen LogP contribution in [-0.4, -0.2) is 12.6 Å². The van der Waals surface area contributed by atoms with Crippen LogP contribution in [0.1, 0.15) is 65.2 Å². The van der Waals surface area contributed by atoms with Crippen LogP contribution in [0.4, 0.5) is 0 Å². The Balaban J connectivity index is 3.21. The molecule has 0 unspecified atom stereocenters. The van der Waals surface area contributed by atoms with Gasteiger partial charge in [0.2, 0.25) is 0 Å². The van der Waals surface area contributed by atoms with E-state index in [1.165, 1.54) is 44.6 Å². The van der Waals surface area contributed by atoms with E-state index in [0.29, 0.717) is 6.61 Å². The van der Waals surface area contributed by atoms with Crippen LogP contribution in [0.25, 0.3) is 0 Å². The molecule has 0 aromatic carbocycles. The maximum absolute atomic E-state index is 11.0. The van der Waals surface area contributed by atoms with Crippen molar-refractivity contribution in [2.45, 2.75) is 65.2 Å². The van der Waals surface area contributed by atoms with Gasteiger partial charge in [-0.2, -0.15) is 0 Å². The third-order valence-corrected chi connectivity index (χ3v) is 2.72. The molecule has 2 heteroatoms. The van der Waals surface area contributed by atoms with Crippen molar-refractivity contribution in [3.8, 4) is 0 Å². The Hall–Kier alpha value is -1.05. The molecule has 0 bridgehead atoms. The predicted molar refractivity (Wildman–Crippen MR) is 77.5 cm³/mol. The van der Waals surface area contributed by atoms with E-state index in [1.807, 2.05) is 6.92 Å². The van der Waals surface area contributed by atoms with Crippen molar-refractivity contribution in [1.29, 1.82) is 0 Å². The molecule has 0 aromatic rings. The summed E-state index contributed by atoms with van der Waals surface area (Å²) >= 11 is 0. The minimum atomic E-state index is -0.248. The fourth-order valence-corrected chi connectivity index (χ4v) is 1.69. The minimum Gasteiger partial charge on any atom is -0.462 e. The van der Waals surface area contributed by atoms with Gasteiger partial charge in [-0.3, -0.25) is 0 Å². The standard InChI is InChI=1S/C16H28O2/c1-3-5-6-7-8-9-10-11-12-13-15-18-16(17)14-4-2/h4,11-12,14H,3,5-10,13,15H2,1-2H3. The molecule has 0 aliphatic carbocycles.